The average Bonchev–Trinajstić information content (AvgIpc) is 3.62. The molecule has 2 aliphatic rings. The molecule has 31 heavy (non-hydrogen) atoms. The Morgan fingerprint density at radius 1 is 1.03 bits per heavy atom. The molecule has 1 aliphatic heterocycles. The monoisotopic (exact) mass is 423 g/mol. The van der Waals surface area contributed by atoms with E-state index in [-0.39, 0.29) is 28.5 Å². The fraction of sp³-hybridized carbons (Fsp3) is 0.364. The van der Waals surface area contributed by atoms with Gasteiger partial charge in [-0.3, -0.25) is 14.9 Å². The smallest absolute Gasteiger partial charge is 0.321 e. The molecule has 3 amide bonds. The maximum absolute atomic E-state index is 12.8. The third-order valence-corrected chi connectivity index (χ3v) is 5.68. The summed E-state index contributed by atoms with van der Waals surface area (Å²) in [6.07, 6.45) is 1.86. The van der Waals surface area contributed by atoms with Crippen LogP contribution in [0.2, 0.25) is 0 Å². The molecule has 1 heterocycles. The van der Waals surface area contributed by atoms with Crippen molar-refractivity contribution < 1.29 is 14.5 Å². The summed E-state index contributed by atoms with van der Waals surface area (Å²) in [5, 5.41) is 17.1. The summed E-state index contributed by atoms with van der Waals surface area (Å²) in [7, 11) is 0. The van der Waals surface area contributed by atoms with Gasteiger partial charge in [0.1, 0.15) is 5.69 Å². The Morgan fingerprint density at radius 2 is 1.74 bits per heavy atom. The summed E-state index contributed by atoms with van der Waals surface area (Å²) in [5.74, 6) is 0.128. The number of nitrogens with one attached hydrogen (secondary N) is 2. The molecule has 0 aromatic heterocycles. The van der Waals surface area contributed by atoms with E-state index < -0.39 is 0 Å². The average molecular weight is 423 g/mol. The minimum absolute atomic E-state index is 0.0206. The topological polar surface area (TPSA) is 108 Å². The number of rotatable bonds is 5. The van der Waals surface area contributed by atoms with Crippen LogP contribution in [0, 0.1) is 23.0 Å². The second-order valence-corrected chi connectivity index (χ2v) is 7.94. The van der Waals surface area contributed by atoms with Crippen LogP contribution in [0.1, 0.15) is 18.4 Å². The highest BCUT2D eigenvalue weighted by molar-refractivity contribution is 5.96. The van der Waals surface area contributed by atoms with Gasteiger partial charge >= 0.3 is 6.03 Å². The molecule has 2 aromatic rings. The summed E-state index contributed by atoms with van der Waals surface area (Å²) in [6, 6.07) is 11.9. The number of nitrogens with zero attached hydrogens (tertiary/aromatic N) is 3. The quantitative estimate of drug-likeness (QED) is 0.564. The number of anilines is 3. The van der Waals surface area contributed by atoms with Crippen molar-refractivity contribution in [3.8, 4) is 0 Å². The van der Waals surface area contributed by atoms with Crippen LogP contribution in [0.5, 0.6) is 0 Å². The summed E-state index contributed by atoms with van der Waals surface area (Å²) in [5.41, 5.74) is 2.86. The summed E-state index contributed by atoms with van der Waals surface area (Å²) < 4.78 is 0. The van der Waals surface area contributed by atoms with Gasteiger partial charge < -0.3 is 20.4 Å². The number of nitro groups is 1. The number of hydrogen-bond donors (Lipinski definition) is 2. The number of hydrogen-bond acceptors (Lipinski definition) is 5. The van der Waals surface area contributed by atoms with Crippen molar-refractivity contribution in [3.63, 3.8) is 0 Å². The van der Waals surface area contributed by atoms with Gasteiger partial charge in [-0.25, -0.2) is 4.79 Å². The van der Waals surface area contributed by atoms with Gasteiger partial charge in [0.2, 0.25) is 5.91 Å². The number of amides is 3. The zero-order valence-electron chi connectivity index (χ0n) is 17.3. The molecule has 0 bridgehead atoms. The molecular weight excluding hydrogens is 398 g/mol. The van der Waals surface area contributed by atoms with E-state index in [9.17, 15) is 19.7 Å². The number of benzene rings is 2. The van der Waals surface area contributed by atoms with Gasteiger partial charge in [-0.1, -0.05) is 18.2 Å². The van der Waals surface area contributed by atoms with E-state index in [2.05, 4.69) is 10.6 Å². The van der Waals surface area contributed by atoms with Crippen LogP contribution in [0.3, 0.4) is 0 Å². The van der Waals surface area contributed by atoms with E-state index in [4.69, 9.17) is 0 Å². The lowest BCUT2D eigenvalue weighted by molar-refractivity contribution is -0.384. The van der Waals surface area contributed by atoms with Gasteiger partial charge in [0.15, 0.2) is 0 Å². The molecule has 1 saturated carbocycles. The fourth-order valence-electron chi connectivity index (χ4n) is 3.65. The van der Waals surface area contributed by atoms with Crippen molar-refractivity contribution in [3.05, 3.63) is 58.1 Å². The first kappa shape index (κ1) is 20.6. The predicted octanol–water partition coefficient (Wildman–Crippen LogP) is 3.61. The predicted molar refractivity (Wildman–Crippen MR) is 118 cm³/mol. The van der Waals surface area contributed by atoms with E-state index in [0.29, 0.717) is 43.2 Å². The molecular formula is C22H25N5O4. The molecule has 9 heteroatoms. The lowest BCUT2D eigenvalue weighted by atomic mass is 10.1. The van der Waals surface area contributed by atoms with Crippen LogP contribution in [-0.4, -0.2) is 47.9 Å². The number of carbonyl (C=O) groups excluding carboxylic acids is 2. The minimum atomic E-state index is -0.383. The largest absolute Gasteiger partial charge is 0.362 e. The van der Waals surface area contributed by atoms with Gasteiger partial charge in [-0.15, -0.1) is 0 Å². The SMILES string of the molecule is Cc1ccc(NC(=O)C2CC2)cc1NC(=O)N1CCN(c2ccccc2[N+](=O)[O-])CC1. The third kappa shape index (κ3) is 4.76. The molecule has 0 radical (unpaired) electrons. The number of urea groups is 1. The third-order valence-electron chi connectivity index (χ3n) is 5.68. The number of carbonyl (C=O) groups is 2. The summed E-state index contributed by atoms with van der Waals surface area (Å²) in [4.78, 5) is 39.3. The first-order valence-corrected chi connectivity index (χ1v) is 10.4. The molecule has 9 nitrogen and oxygen atoms in total. The molecule has 2 aromatic carbocycles. The fourth-order valence-corrected chi connectivity index (χ4v) is 3.65. The highest BCUT2D eigenvalue weighted by atomic mass is 16.6. The van der Waals surface area contributed by atoms with Gasteiger partial charge in [-0.05, 0) is 43.5 Å². The standard InChI is InChI=1S/C22H25N5O4/c1-15-6-9-17(23-21(28)16-7-8-16)14-18(15)24-22(29)26-12-10-25(11-13-26)19-4-2-3-5-20(19)27(30)31/h2-6,9,14,16H,7-8,10-13H2,1H3,(H,23,28)(H,24,29). The van der Waals surface area contributed by atoms with Crippen molar-refractivity contribution >= 4 is 34.7 Å². The normalized spacial score (nSPS) is 16.0. The maximum atomic E-state index is 12.8. The summed E-state index contributed by atoms with van der Waals surface area (Å²) in [6.45, 7) is 3.82. The van der Waals surface area contributed by atoms with E-state index in [1.807, 2.05) is 24.0 Å². The van der Waals surface area contributed by atoms with Gasteiger partial charge in [0.05, 0.1) is 4.92 Å². The minimum Gasteiger partial charge on any atom is -0.362 e. The van der Waals surface area contributed by atoms with Crippen LogP contribution >= 0.6 is 0 Å². The van der Waals surface area contributed by atoms with Crippen LogP contribution in [0.4, 0.5) is 27.5 Å². The van der Waals surface area contributed by atoms with Crippen LogP contribution in [0.15, 0.2) is 42.5 Å². The van der Waals surface area contributed by atoms with E-state index >= 15 is 0 Å². The Balaban J connectivity index is 1.37. The number of para-hydroxylation sites is 2. The lowest BCUT2D eigenvalue weighted by Gasteiger charge is -2.35. The molecule has 1 aliphatic carbocycles. The molecule has 0 unspecified atom stereocenters. The maximum Gasteiger partial charge on any atom is 0.321 e. The highest BCUT2D eigenvalue weighted by Gasteiger charge is 2.30. The van der Waals surface area contributed by atoms with E-state index in [1.165, 1.54) is 6.07 Å². The first-order chi connectivity index (χ1) is 14.9. The zero-order valence-corrected chi connectivity index (χ0v) is 17.3. The molecule has 0 spiro atoms. The number of piperazine rings is 1. The molecule has 2 N–H and O–H groups in total. The summed E-state index contributed by atoms with van der Waals surface area (Å²) >= 11 is 0. The van der Waals surface area contributed by atoms with Crippen molar-refractivity contribution in [2.24, 2.45) is 5.92 Å². The van der Waals surface area contributed by atoms with Crippen molar-refractivity contribution in [2.45, 2.75) is 19.8 Å². The van der Waals surface area contributed by atoms with Gasteiger partial charge in [-0.2, -0.15) is 0 Å². The Labute approximate surface area is 180 Å². The molecule has 1 saturated heterocycles. The second-order valence-electron chi connectivity index (χ2n) is 7.94. The Bertz CT molecular complexity index is 1010. The first-order valence-electron chi connectivity index (χ1n) is 10.4. The van der Waals surface area contributed by atoms with Crippen LogP contribution in [0.25, 0.3) is 0 Å². The Morgan fingerprint density at radius 3 is 2.42 bits per heavy atom. The number of aryl methyl sites for hydroxylation is 1. The van der Waals surface area contributed by atoms with Crippen molar-refractivity contribution in [2.75, 3.05) is 41.7 Å². The second kappa shape index (κ2) is 8.63. The Kier molecular flexibility index (Phi) is 5.75. The highest BCUT2D eigenvalue weighted by Crippen LogP contribution is 2.31. The van der Waals surface area contributed by atoms with Gasteiger partial charge in [0, 0.05) is 49.5 Å². The molecule has 162 valence electrons. The zero-order chi connectivity index (χ0) is 22.0. The van der Waals surface area contributed by atoms with E-state index in [1.54, 1.807) is 29.2 Å². The van der Waals surface area contributed by atoms with Crippen molar-refractivity contribution in [1.29, 1.82) is 0 Å². The van der Waals surface area contributed by atoms with Crippen molar-refractivity contribution in [1.82, 2.24) is 4.90 Å². The molecule has 0 atom stereocenters. The molecule has 2 fully saturated rings. The Hall–Kier alpha value is -3.62. The lowest BCUT2D eigenvalue weighted by Crippen LogP contribution is -2.50. The van der Waals surface area contributed by atoms with E-state index in [0.717, 1.165) is 18.4 Å². The molecule has 4 rings (SSSR count). The van der Waals surface area contributed by atoms with Crippen LogP contribution < -0.4 is 15.5 Å². The number of nitro benzene ring substituents is 1. The van der Waals surface area contributed by atoms with Crippen LogP contribution in [-0.2, 0) is 4.79 Å². The van der Waals surface area contributed by atoms with Gasteiger partial charge in [0.25, 0.3) is 5.69 Å².